The smallest absolute Gasteiger partial charge is 0.279 e. The van der Waals surface area contributed by atoms with Gasteiger partial charge in [0.05, 0.1) is 20.6 Å². The Kier molecular flexibility index (Phi) is 13.0. The van der Waals surface area contributed by atoms with E-state index >= 15 is 0 Å². The minimum atomic E-state index is -0.0976. The minimum absolute atomic E-state index is 0. The van der Waals surface area contributed by atoms with Crippen molar-refractivity contribution >= 4 is 35.1 Å². The molecule has 180 valence electrons. The monoisotopic (exact) mass is 490 g/mol. The zero-order chi connectivity index (χ0) is 23.4. The molecule has 2 rings (SSSR count). The third kappa shape index (κ3) is 11.5. The van der Waals surface area contributed by atoms with E-state index < -0.39 is 0 Å². The Morgan fingerprint density at radius 3 is 2.30 bits per heavy atom. The van der Waals surface area contributed by atoms with Gasteiger partial charge in [-0.05, 0) is 60.9 Å². The molecule has 0 saturated carbocycles. The van der Waals surface area contributed by atoms with Crippen LogP contribution in [0.2, 0.25) is 5.02 Å². The van der Waals surface area contributed by atoms with Gasteiger partial charge in [-0.15, -0.1) is 0 Å². The first-order valence-electron chi connectivity index (χ1n) is 11.5. The normalized spacial score (nSPS) is 11.3. The summed E-state index contributed by atoms with van der Waals surface area (Å²) in [5.41, 5.74) is 2.14. The van der Waals surface area contributed by atoms with Gasteiger partial charge in [0.15, 0.2) is 12.3 Å². The Morgan fingerprint density at radius 2 is 1.64 bits per heavy atom. The van der Waals surface area contributed by atoms with Gasteiger partial charge in [0.1, 0.15) is 0 Å². The molecule has 2 aromatic carbocycles. The SMILES string of the molecule is CCCCCCCC[N+](C)(C)CC(=O)Nc1ccc(C(=O)/C=C/c2cccc(Cl)c2)cc1.[Cl-]. The number of hydrogen-bond acceptors (Lipinski definition) is 2. The molecular formula is C27H36Cl2N2O2. The molecular weight excluding hydrogens is 455 g/mol. The van der Waals surface area contributed by atoms with Crippen LogP contribution in [0.1, 0.15) is 61.4 Å². The summed E-state index contributed by atoms with van der Waals surface area (Å²) in [5, 5.41) is 3.58. The zero-order valence-corrected chi connectivity index (χ0v) is 21.5. The molecule has 0 bridgehead atoms. The van der Waals surface area contributed by atoms with Crippen molar-refractivity contribution in [2.75, 3.05) is 32.5 Å². The summed E-state index contributed by atoms with van der Waals surface area (Å²) in [7, 11) is 4.19. The van der Waals surface area contributed by atoms with Gasteiger partial charge in [-0.1, -0.05) is 62.4 Å². The number of anilines is 1. The number of halogens is 2. The Balaban J connectivity index is 0.00000544. The predicted octanol–water partition coefficient (Wildman–Crippen LogP) is 3.62. The molecule has 6 heteroatoms. The summed E-state index contributed by atoms with van der Waals surface area (Å²) in [4.78, 5) is 24.9. The Hall–Kier alpha value is -2.14. The van der Waals surface area contributed by atoms with Crippen molar-refractivity contribution in [2.45, 2.75) is 45.4 Å². The summed E-state index contributed by atoms with van der Waals surface area (Å²) in [6.45, 7) is 3.65. The molecule has 0 aromatic heterocycles. The zero-order valence-electron chi connectivity index (χ0n) is 19.9. The molecule has 4 nitrogen and oxygen atoms in total. The van der Waals surface area contributed by atoms with Gasteiger partial charge >= 0.3 is 0 Å². The topological polar surface area (TPSA) is 46.2 Å². The van der Waals surface area contributed by atoms with E-state index in [9.17, 15) is 9.59 Å². The van der Waals surface area contributed by atoms with Crippen LogP contribution < -0.4 is 17.7 Å². The number of rotatable bonds is 13. The molecule has 33 heavy (non-hydrogen) atoms. The molecule has 0 atom stereocenters. The molecule has 0 heterocycles. The van der Waals surface area contributed by atoms with Crippen molar-refractivity contribution in [1.82, 2.24) is 0 Å². The molecule has 0 fully saturated rings. The van der Waals surface area contributed by atoms with E-state index in [0.29, 0.717) is 27.3 Å². The molecule has 0 unspecified atom stereocenters. The molecule has 0 saturated heterocycles. The molecule has 1 amide bonds. The summed E-state index contributed by atoms with van der Waals surface area (Å²) in [5.74, 6) is -0.111. The summed E-state index contributed by atoms with van der Waals surface area (Å²) in [6, 6.07) is 14.3. The van der Waals surface area contributed by atoms with E-state index in [-0.39, 0.29) is 24.1 Å². The number of benzene rings is 2. The van der Waals surface area contributed by atoms with Crippen LogP contribution in [0, 0.1) is 0 Å². The lowest BCUT2D eigenvalue weighted by Gasteiger charge is -2.29. The number of ketones is 1. The molecule has 0 aliphatic rings. The fourth-order valence-corrected chi connectivity index (χ4v) is 3.78. The number of carbonyl (C=O) groups is 2. The number of likely N-dealkylation sites (N-methyl/N-ethyl adjacent to an activating group) is 1. The van der Waals surface area contributed by atoms with Crippen LogP contribution in [0.25, 0.3) is 6.08 Å². The largest absolute Gasteiger partial charge is 1.00 e. The molecule has 0 aliphatic carbocycles. The van der Waals surface area contributed by atoms with Crippen LogP contribution in [0.15, 0.2) is 54.6 Å². The second-order valence-corrected chi connectivity index (χ2v) is 9.40. The maximum absolute atomic E-state index is 12.5. The van der Waals surface area contributed by atoms with E-state index in [0.717, 1.165) is 18.5 Å². The first-order chi connectivity index (χ1) is 15.3. The number of unbranched alkanes of at least 4 members (excludes halogenated alkanes) is 5. The van der Waals surface area contributed by atoms with Gasteiger partial charge in [0.2, 0.25) is 0 Å². The van der Waals surface area contributed by atoms with Crippen molar-refractivity contribution < 1.29 is 26.5 Å². The van der Waals surface area contributed by atoms with Crippen LogP contribution in [-0.4, -0.2) is 43.4 Å². The van der Waals surface area contributed by atoms with Crippen LogP contribution in [0.5, 0.6) is 0 Å². The maximum atomic E-state index is 12.5. The number of quaternary nitrogens is 1. The highest BCUT2D eigenvalue weighted by Crippen LogP contribution is 2.15. The van der Waals surface area contributed by atoms with Crippen molar-refractivity contribution in [1.29, 1.82) is 0 Å². The fourth-order valence-electron chi connectivity index (χ4n) is 3.58. The van der Waals surface area contributed by atoms with Crippen LogP contribution in [0.4, 0.5) is 5.69 Å². The first kappa shape index (κ1) is 28.9. The number of amides is 1. The van der Waals surface area contributed by atoms with Crippen molar-refractivity contribution in [3.8, 4) is 0 Å². The number of allylic oxidation sites excluding steroid dienone is 1. The van der Waals surface area contributed by atoms with E-state index in [1.54, 1.807) is 42.5 Å². The number of nitrogens with zero attached hydrogens (tertiary/aromatic N) is 1. The quantitative estimate of drug-likeness (QED) is 0.201. The van der Waals surface area contributed by atoms with Gasteiger partial charge < -0.3 is 22.2 Å². The van der Waals surface area contributed by atoms with Gasteiger partial charge in [-0.2, -0.15) is 0 Å². The average Bonchev–Trinajstić information content (AvgIpc) is 2.74. The minimum Gasteiger partial charge on any atom is -1.00 e. The van der Waals surface area contributed by atoms with Gasteiger partial charge in [0.25, 0.3) is 5.91 Å². The van der Waals surface area contributed by atoms with Crippen molar-refractivity contribution in [2.24, 2.45) is 0 Å². The van der Waals surface area contributed by atoms with Gasteiger partial charge in [0, 0.05) is 16.3 Å². The lowest BCUT2D eigenvalue weighted by molar-refractivity contribution is -0.882. The molecule has 0 aliphatic heterocycles. The fraction of sp³-hybridized carbons (Fsp3) is 0.407. The number of hydrogen-bond donors (Lipinski definition) is 1. The lowest BCUT2D eigenvalue weighted by atomic mass is 10.1. The van der Waals surface area contributed by atoms with E-state index in [4.69, 9.17) is 11.6 Å². The van der Waals surface area contributed by atoms with Crippen LogP contribution >= 0.6 is 11.6 Å². The Bertz CT molecular complexity index is 909. The third-order valence-electron chi connectivity index (χ3n) is 5.42. The number of nitrogens with one attached hydrogen (secondary N) is 1. The Morgan fingerprint density at radius 1 is 0.970 bits per heavy atom. The molecule has 0 spiro atoms. The van der Waals surface area contributed by atoms with Crippen LogP contribution in [0.3, 0.4) is 0 Å². The molecule has 1 N–H and O–H groups in total. The molecule has 0 radical (unpaired) electrons. The second-order valence-electron chi connectivity index (χ2n) is 8.96. The first-order valence-corrected chi connectivity index (χ1v) is 11.9. The maximum Gasteiger partial charge on any atom is 0.279 e. The van der Waals surface area contributed by atoms with Crippen molar-refractivity contribution in [3.63, 3.8) is 0 Å². The summed E-state index contributed by atoms with van der Waals surface area (Å²) in [6.07, 6.45) is 10.8. The van der Waals surface area contributed by atoms with Gasteiger partial charge in [-0.3, -0.25) is 9.59 Å². The van der Waals surface area contributed by atoms with Crippen LogP contribution in [-0.2, 0) is 4.79 Å². The highest BCUT2D eigenvalue weighted by molar-refractivity contribution is 6.30. The standard InChI is InChI=1S/C27H35ClN2O2.ClH/c1-4-5-6-7-8-9-19-30(2,3)21-27(32)29-25-16-14-23(15-17-25)26(31)18-13-22-11-10-12-24(28)20-22;/h10-18,20H,4-9,19,21H2,1-3H3;1H/b18-13+;. The summed E-state index contributed by atoms with van der Waals surface area (Å²) >= 11 is 5.97. The molecule has 2 aromatic rings. The number of carbonyl (C=O) groups excluding carboxylic acids is 2. The highest BCUT2D eigenvalue weighted by Gasteiger charge is 2.19. The Labute approximate surface area is 210 Å². The van der Waals surface area contributed by atoms with E-state index in [1.807, 2.05) is 12.1 Å². The summed E-state index contributed by atoms with van der Waals surface area (Å²) < 4.78 is 0.671. The second kappa shape index (κ2) is 14.9. The predicted molar refractivity (Wildman–Crippen MR) is 135 cm³/mol. The van der Waals surface area contributed by atoms with Crippen molar-refractivity contribution in [3.05, 3.63) is 70.8 Å². The third-order valence-corrected chi connectivity index (χ3v) is 5.65. The van der Waals surface area contributed by atoms with Gasteiger partial charge in [-0.25, -0.2) is 0 Å². The van der Waals surface area contributed by atoms with E-state index in [1.165, 1.54) is 38.2 Å². The highest BCUT2D eigenvalue weighted by atomic mass is 35.5. The average molecular weight is 492 g/mol. The van der Waals surface area contributed by atoms with E-state index in [2.05, 4.69) is 26.3 Å². The lowest BCUT2D eigenvalue weighted by Crippen LogP contribution is -3.00.